The van der Waals surface area contributed by atoms with Crippen molar-refractivity contribution >= 4 is 6.08 Å². The standard InChI is InChI=1S/C18H23NO2/c1-21-17-9-8-15(14-6-2-3-7-14)12-16(17)18(19-13-20)10-4-5-11-18/h8-9,12,14H,2-7,10-11H2,1H3. The zero-order valence-electron chi connectivity index (χ0n) is 12.7. The van der Waals surface area contributed by atoms with E-state index in [0.717, 1.165) is 37.0 Å². The van der Waals surface area contributed by atoms with Crippen LogP contribution in [-0.4, -0.2) is 13.2 Å². The van der Waals surface area contributed by atoms with Crippen LogP contribution in [0.3, 0.4) is 0 Å². The van der Waals surface area contributed by atoms with E-state index >= 15 is 0 Å². The van der Waals surface area contributed by atoms with Gasteiger partial charge in [-0.05, 0) is 49.3 Å². The molecule has 2 aliphatic carbocycles. The zero-order chi connectivity index (χ0) is 14.7. The van der Waals surface area contributed by atoms with Crippen LogP contribution in [0.1, 0.15) is 68.4 Å². The van der Waals surface area contributed by atoms with Crippen molar-refractivity contribution in [2.24, 2.45) is 4.99 Å². The molecule has 2 fully saturated rings. The van der Waals surface area contributed by atoms with E-state index in [0.29, 0.717) is 5.92 Å². The predicted octanol–water partition coefficient (Wildman–Crippen LogP) is 4.46. The molecule has 0 amide bonds. The first-order valence-corrected chi connectivity index (χ1v) is 8.06. The van der Waals surface area contributed by atoms with Gasteiger partial charge in [-0.3, -0.25) is 0 Å². The summed E-state index contributed by atoms with van der Waals surface area (Å²) in [4.78, 5) is 15.2. The molecule has 0 unspecified atom stereocenters. The third kappa shape index (κ3) is 2.63. The molecule has 3 rings (SSSR count). The molecule has 0 atom stereocenters. The molecule has 0 bridgehead atoms. The average Bonchev–Trinajstić information content (AvgIpc) is 3.19. The molecular weight excluding hydrogens is 262 g/mol. The number of carbonyl (C=O) groups excluding carboxylic acids is 1. The second kappa shape index (κ2) is 6.03. The normalized spacial score (nSPS) is 21.2. The molecule has 0 N–H and O–H groups in total. The predicted molar refractivity (Wildman–Crippen MR) is 82.5 cm³/mol. The van der Waals surface area contributed by atoms with E-state index in [9.17, 15) is 4.79 Å². The van der Waals surface area contributed by atoms with Crippen LogP contribution in [0.4, 0.5) is 0 Å². The van der Waals surface area contributed by atoms with E-state index in [2.05, 4.69) is 23.2 Å². The number of ether oxygens (including phenoxy) is 1. The SMILES string of the molecule is COc1ccc(C2CCCC2)cc1C1(N=C=O)CCCC1. The molecule has 0 aromatic heterocycles. The molecule has 0 spiro atoms. The zero-order valence-corrected chi connectivity index (χ0v) is 12.7. The first-order valence-electron chi connectivity index (χ1n) is 8.06. The largest absolute Gasteiger partial charge is 0.496 e. The van der Waals surface area contributed by atoms with Crippen molar-refractivity contribution in [1.82, 2.24) is 0 Å². The number of isocyanates is 1. The Bertz CT molecular complexity index is 548. The number of hydrogen-bond acceptors (Lipinski definition) is 3. The molecule has 3 nitrogen and oxygen atoms in total. The molecule has 2 saturated carbocycles. The fourth-order valence-corrected chi connectivity index (χ4v) is 4.09. The van der Waals surface area contributed by atoms with Gasteiger partial charge < -0.3 is 4.74 Å². The smallest absolute Gasteiger partial charge is 0.235 e. The molecule has 1 aromatic carbocycles. The van der Waals surface area contributed by atoms with Crippen molar-refractivity contribution in [1.29, 1.82) is 0 Å². The summed E-state index contributed by atoms with van der Waals surface area (Å²) in [5.74, 6) is 1.52. The fourth-order valence-electron chi connectivity index (χ4n) is 4.09. The number of hydrogen-bond donors (Lipinski definition) is 0. The lowest BCUT2D eigenvalue weighted by Gasteiger charge is -2.26. The van der Waals surface area contributed by atoms with Crippen molar-refractivity contribution in [3.63, 3.8) is 0 Å². The van der Waals surface area contributed by atoms with Gasteiger partial charge in [0.2, 0.25) is 6.08 Å². The Kier molecular flexibility index (Phi) is 4.12. The van der Waals surface area contributed by atoms with E-state index in [1.807, 2.05) is 6.08 Å². The van der Waals surface area contributed by atoms with Crippen molar-refractivity contribution in [3.8, 4) is 5.75 Å². The van der Waals surface area contributed by atoms with Gasteiger partial charge in [-0.25, -0.2) is 4.79 Å². The summed E-state index contributed by atoms with van der Waals surface area (Å²) < 4.78 is 5.56. The minimum Gasteiger partial charge on any atom is -0.496 e. The molecule has 0 aliphatic heterocycles. The Hall–Kier alpha value is -1.60. The van der Waals surface area contributed by atoms with Crippen molar-refractivity contribution in [3.05, 3.63) is 29.3 Å². The van der Waals surface area contributed by atoms with Gasteiger partial charge in [-0.1, -0.05) is 31.7 Å². The highest BCUT2D eigenvalue weighted by Crippen LogP contribution is 2.47. The molecule has 2 aliphatic rings. The van der Waals surface area contributed by atoms with Crippen LogP contribution in [0.15, 0.2) is 23.2 Å². The maximum Gasteiger partial charge on any atom is 0.235 e. The molecule has 21 heavy (non-hydrogen) atoms. The number of benzene rings is 1. The molecule has 0 heterocycles. The maximum absolute atomic E-state index is 10.9. The number of methoxy groups -OCH3 is 1. The Balaban J connectivity index is 2.05. The van der Waals surface area contributed by atoms with Gasteiger partial charge in [0.25, 0.3) is 0 Å². The van der Waals surface area contributed by atoms with E-state index in [4.69, 9.17) is 4.74 Å². The lowest BCUT2D eigenvalue weighted by molar-refractivity contribution is 0.378. The first-order chi connectivity index (χ1) is 10.3. The lowest BCUT2D eigenvalue weighted by Crippen LogP contribution is -2.20. The Morgan fingerprint density at radius 1 is 1.19 bits per heavy atom. The van der Waals surface area contributed by atoms with Crippen LogP contribution in [0.5, 0.6) is 5.75 Å². The summed E-state index contributed by atoms with van der Waals surface area (Å²) >= 11 is 0. The lowest BCUT2D eigenvalue weighted by atomic mass is 9.85. The van der Waals surface area contributed by atoms with Gasteiger partial charge >= 0.3 is 0 Å². The maximum atomic E-state index is 10.9. The summed E-state index contributed by atoms with van der Waals surface area (Å²) in [7, 11) is 1.70. The van der Waals surface area contributed by atoms with Crippen molar-refractivity contribution in [2.45, 2.75) is 62.8 Å². The first kappa shape index (κ1) is 14.3. The number of rotatable bonds is 4. The third-order valence-corrected chi connectivity index (χ3v) is 5.24. The van der Waals surface area contributed by atoms with Gasteiger partial charge in [0, 0.05) is 5.56 Å². The Morgan fingerprint density at radius 2 is 1.90 bits per heavy atom. The van der Waals surface area contributed by atoms with Crippen LogP contribution in [0, 0.1) is 0 Å². The molecule has 0 saturated heterocycles. The van der Waals surface area contributed by atoms with Crippen molar-refractivity contribution in [2.75, 3.05) is 7.11 Å². The molecule has 3 heteroatoms. The highest BCUT2D eigenvalue weighted by atomic mass is 16.5. The second-order valence-electron chi connectivity index (χ2n) is 6.38. The van der Waals surface area contributed by atoms with Crippen LogP contribution >= 0.6 is 0 Å². The average molecular weight is 285 g/mol. The topological polar surface area (TPSA) is 38.7 Å². The molecule has 0 radical (unpaired) electrons. The van der Waals surface area contributed by atoms with Crippen molar-refractivity contribution < 1.29 is 9.53 Å². The van der Waals surface area contributed by atoms with E-state index in [1.165, 1.54) is 31.2 Å². The van der Waals surface area contributed by atoms with Gasteiger partial charge in [0.15, 0.2) is 0 Å². The molecular formula is C18H23NO2. The summed E-state index contributed by atoms with van der Waals surface area (Å²) in [6, 6.07) is 6.50. The van der Waals surface area contributed by atoms with E-state index in [-0.39, 0.29) is 0 Å². The summed E-state index contributed by atoms with van der Waals surface area (Å²) in [6.07, 6.45) is 11.1. The Morgan fingerprint density at radius 3 is 2.52 bits per heavy atom. The quantitative estimate of drug-likeness (QED) is 0.605. The minimum atomic E-state index is -0.401. The van der Waals surface area contributed by atoms with Gasteiger partial charge in [0.05, 0.1) is 7.11 Å². The fraction of sp³-hybridized carbons (Fsp3) is 0.611. The molecule has 112 valence electrons. The van der Waals surface area contributed by atoms with Crippen LogP contribution < -0.4 is 4.74 Å². The number of nitrogens with zero attached hydrogens (tertiary/aromatic N) is 1. The van der Waals surface area contributed by atoms with Crippen LogP contribution in [-0.2, 0) is 10.3 Å². The summed E-state index contributed by atoms with van der Waals surface area (Å²) in [5, 5.41) is 0. The number of aliphatic imine (C=N–C) groups is 1. The Labute approximate surface area is 126 Å². The van der Waals surface area contributed by atoms with Gasteiger partial charge in [-0.15, -0.1) is 0 Å². The van der Waals surface area contributed by atoms with Gasteiger partial charge in [-0.2, -0.15) is 4.99 Å². The summed E-state index contributed by atoms with van der Waals surface area (Å²) in [5.41, 5.74) is 2.08. The van der Waals surface area contributed by atoms with Gasteiger partial charge in [0.1, 0.15) is 11.3 Å². The van der Waals surface area contributed by atoms with E-state index in [1.54, 1.807) is 7.11 Å². The monoisotopic (exact) mass is 285 g/mol. The van der Waals surface area contributed by atoms with Crippen LogP contribution in [0.2, 0.25) is 0 Å². The third-order valence-electron chi connectivity index (χ3n) is 5.24. The minimum absolute atomic E-state index is 0.401. The second-order valence-corrected chi connectivity index (χ2v) is 6.38. The van der Waals surface area contributed by atoms with Crippen LogP contribution in [0.25, 0.3) is 0 Å². The summed E-state index contributed by atoms with van der Waals surface area (Å²) in [6.45, 7) is 0. The molecule has 1 aromatic rings. The van der Waals surface area contributed by atoms with E-state index < -0.39 is 5.54 Å². The highest BCUT2D eigenvalue weighted by molar-refractivity contribution is 5.47. The highest BCUT2D eigenvalue weighted by Gasteiger charge is 2.38.